The van der Waals surface area contributed by atoms with Crippen LogP contribution in [0.3, 0.4) is 0 Å². The van der Waals surface area contributed by atoms with Crippen molar-refractivity contribution in [3.8, 4) is 0 Å². The Morgan fingerprint density at radius 3 is 2.69 bits per heavy atom. The highest BCUT2D eigenvalue weighted by Crippen LogP contribution is 2.30. The summed E-state index contributed by atoms with van der Waals surface area (Å²) in [4.78, 5) is 0. The molecule has 0 radical (unpaired) electrons. The monoisotopic (exact) mass is 224 g/mol. The van der Waals surface area contributed by atoms with Crippen molar-refractivity contribution in [2.45, 2.75) is 25.9 Å². The molecule has 2 nitrogen and oxygen atoms in total. The van der Waals surface area contributed by atoms with Gasteiger partial charge in [-0.15, -0.1) is 0 Å². The molecule has 0 amide bonds. The second kappa shape index (κ2) is 4.93. The van der Waals surface area contributed by atoms with Gasteiger partial charge in [0.05, 0.1) is 6.10 Å². The van der Waals surface area contributed by atoms with E-state index in [2.05, 4.69) is 0 Å². The Balaban J connectivity index is 2.12. The predicted octanol–water partition coefficient (Wildman–Crippen LogP) is 2.59. The lowest BCUT2D eigenvalue weighted by atomic mass is 9.89. The molecule has 0 aromatic heterocycles. The smallest absolute Gasteiger partial charge is 0.126 e. The molecule has 16 heavy (non-hydrogen) atoms. The van der Waals surface area contributed by atoms with Crippen molar-refractivity contribution in [2.75, 3.05) is 13.2 Å². The molecule has 88 valence electrons. The Bertz CT molecular complexity index is 359. The van der Waals surface area contributed by atoms with E-state index in [4.69, 9.17) is 4.74 Å². The van der Waals surface area contributed by atoms with Gasteiger partial charge in [-0.05, 0) is 42.9 Å². The summed E-state index contributed by atoms with van der Waals surface area (Å²) in [6.45, 7) is 3.14. The standard InChI is InChI=1S/C13H17FO2/c1-9-8-11(2-3-12(9)14)13(15)10-4-6-16-7-5-10/h2-3,8,10,13,15H,4-7H2,1H3. The second-order valence-corrected chi connectivity index (χ2v) is 4.40. The van der Waals surface area contributed by atoms with E-state index in [0.717, 1.165) is 18.4 Å². The third-order valence-electron chi connectivity index (χ3n) is 3.24. The molecular weight excluding hydrogens is 207 g/mol. The summed E-state index contributed by atoms with van der Waals surface area (Å²) in [5, 5.41) is 10.2. The Morgan fingerprint density at radius 1 is 1.38 bits per heavy atom. The predicted molar refractivity (Wildman–Crippen MR) is 59.6 cm³/mol. The van der Waals surface area contributed by atoms with E-state index >= 15 is 0 Å². The number of aryl methyl sites for hydroxylation is 1. The first-order chi connectivity index (χ1) is 7.68. The zero-order valence-corrected chi connectivity index (χ0v) is 9.45. The van der Waals surface area contributed by atoms with Crippen molar-refractivity contribution < 1.29 is 14.2 Å². The van der Waals surface area contributed by atoms with E-state index in [1.807, 2.05) is 0 Å². The third-order valence-corrected chi connectivity index (χ3v) is 3.24. The van der Waals surface area contributed by atoms with Crippen LogP contribution in [0.1, 0.15) is 30.1 Å². The van der Waals surface area contributed by atoms with Crippen LogP contribution >= 0.6 is 0 Å². The van der Waals surface area contributed by atoms with Gasteiger partial charge in [-0.1, -0.05) is 12.1 Å². The number of ether oxygens (including phenoxy) is 1. The number of rotatable bonds is 2. The molecule has 1 saturated heterocycles. The highest BCUT2D eigenvalue weighted by molar-refractivity contribution is 5.26. The summed E-state index contributed by atoms with van der Waals surface area (Å²) >= 11 is 0. The first-order valence-corrected chi connectivity index (χ1v) is 5.70. The maximum Gasteiger partial charge on any atom is 0.126 e. The van der Waals surface area contributed by atoms with Gasteiger partial charge in [0.2, 0.25) is 0 Å². The van der Waals surface area contributed by atoms with E-state index in [-0.39, 0.29) is 11.7 Å². The average molecular weight is 224 g/mol. The lowest BCUT2D eigenvalue weighted by Gasteiger charge is -2.27. The zero-order valence-electron chi connectivity index (χ0n) is 9.45. The minimum atomic E-state index is -0.497. The van der Waals surface area contributed by atoms with Crippen LogP contribution in [-0.4, -0.2) is 18.3 Å². The van der Waals surface area contributed by atoms with Gasteiger partial charge in [-0.25, -0.2) is 4.39 Å². The minimum absolute atomic E-state index is 0.220. The number of halogens is 1. The lowest BCUT2D eigenvalue weighted by molar-refractivity contribution is 0.00714. The molecule has 1 unspecified atom stereocenters. The number of benzene rings is 1. The Morgan fingerprint density at radius 2 is 2.06 bits per heavy atom. The maximum absolute atomic E-state index is 13.1. The fraction of sp³-hybridized carbons (Fsp3) is 0.538. The van der Waals surface area contributed by atoms with E-state index < -0.39 is 6.10 Å². The SMILES string of the molecule is Cc1cc(C(O)C2CCOCC2)ccc1F. The van der Waals surface area contributed by atoms with Gasteiger partial charge in [-0.2, -0.15) is 0 Å². The molecule has 1 aromatic carbocycles. The van der Waals surface area contributed by atoms with Crippen LogP contribution < -0.4 is 0 Å². The minimum Gasteiger partial charge on any atom is -0.388 e. The number of hydrogen-bond donors (Lipinski definition) is 1. The summed E-state index contributed by atoms with van der Waals surface area (Å²) in [6, 6.07) is 4.82. The first-order valence-electron chi connectivity index (χ1n) is 5.70. The molecule has 0 bridgehead atoms. The molecule has 0 spiro atoms. The summed E-state index contributed by atoms with van der Waals surface area (Å²) in [5.74, 6) is 0.0153. The van der Waals surface area contributed by atoms with Crippen LogP contribution in [0.4, 0.5) is 4.39 Å². The molecule has 1 aliphatic heterocycles. The summed E-state index contributed by atoms with van der Waals surface area (Å²) < 4.78 is 18.4. The molecule has 3 heteroatoms. The van der Waals surface area contributed by atoms with E-state index in [1.165, 1.54) is 6.07 Å². The second-order valence-electron chi connectivity index (χ2n) is 4.40. The number of aliphatic hydroxyl groups excluding tert-OH is 1. The highest BCUT2D eigenvalue weighted by Gasteiger charge is 2.23. The number of hydrogen-bond acceptors (Lipinski definition) is 2. The van der Waals surface area contributed by atoms with Crippen LogP contribution in [0.2, 0.25) is 0 Å². The van der Waals surface area contributed by atoms with E-state index in [0.29, 0.717) is 18.8 Å². The normalized spacial score (nSPS) is 19.7. The van der Waals surface area contributed by atoms with Crippen molar-refractivity contribution in [1.82, 2.24) is 0 Å². The van der Waals surface area contributed by atoms with E-state index in [9.17, 15) is 9.50 Å². The molecule has 0 aliphatic carbocycles. The Hall–Kier alpha value is -0.930. The topological polar surface area (TPSA) is 29.5 Å². The molecule has 2 rings (SSSR count). The van der Waals surface area contributed by atoms with Crippen LogP contribution in [0.5, 0.6) is 0 Å². The van der Waals surface area contributed by atoms with Crippen molar-refractivity contribution in [2.24, 2.45) is 5.92 Å². The largest absolute Gasteiger partial charge is 0.388 e. The summed E-state index contributed by atoms with van der Waals surface area (Å²) in [7, 11) is 0. The van der Waals surface area contributed by atoms with Crippen molar-refractivity contribution >= 4 is 0 Å². The van der Waals surface area contributed by atoms with Gasteiger partial charge in [0, 0.05) is 13.2 Å². The quantitative estimate of drug-likeness (QED) is 0.836. The molecule has 1 heterocycles. The van der Waals surface area contributed by atoms with Crippen molar-refractivity contribution in [1.29, 1.82) is 0 Å². The third kappa shape index (κ3) is 2.42. The van der Waals surface area contributed by atoms with Crippen LogP contribution in [0, 0.1) is 18.7 Å². The van der Waals surface area contributed by atoms with Crippen LogP contribution in [-0.2, 0) is 4.74 Å². The van der Waals surface area contributed by atoms with Crippen LogP contribution in [0.25, 0.3) is 0 Å². The molecule has 1 atom stereocenters. The van der Waals surface area contributed by atoms with Crippen molar-refractivity contribution in [3.05, 3.63) is 35.1 Å². The lowest BCUT2D eigenvalue weighted by Crippen LogP contribution is -2.22. The highest BCUT2D eigenvalue weighted by atomic mass is 19.1. The first kappa shape index (κ1) is 11.6. The van der Waals surface area contributed by atoms with Gasteiger partial charge < -0.3 is 9.84 Å². The zero-order chi connectivity index (χ0) is 11.5. The Kier molecular flexibility index (Phi) is 3.56. The summed E-state index contributed by atoms with van der Waals surface area (Å²) in [6.07, 6.45) is 1.25. The van der Waals surface area contributed by atoms with E-state index in [1.54, 1.807) is 19.1 Å². The fourth-order valence-corrected chi connectivity index (χ4v) is 2.16. The van der Waals surface area contributed by atoms with Gasteiger partial charge in [-0.3, -0.25) is 0 Å². The molecule has 0 saturated carbocycles. The fourth-order valence-electron chi connectivity index (χ4n) is 2.16. The van der Waals surface area contributed by atoms with Crippen LogP contribution in [0.15, 0.2) is 18.2 Å². The molecule has 1 aromatic rings. The molecule has 1 fully saturated rings. The molecule has 1 aliphatic rings. The summed E-state index contributed by atoms with van der Waals surface area (Å²) in [5.41, 5.74) is 1.40. The van der Waals surface area contributed by atoms with Crippen molar-refractivity contribution in [3.63, 3.8) is 0 Å². The molecule has 1 N–H and O–H groups in total. The Labute approximate surface area is 95.1 Å². The van der Waals surface area contributed by atoms with Gasteiger partial charge >= 0.3 is 0 Å². The number of aliphatic hydroxyl groups is 1. The van der Waals surface area contributed by atoms with Gasteiger partial charge in [0.25, 0.3) is 0 Å². The average Bonchev–Trinajstić information content (AvgIpc) is 2.33. The van der Waals surface area contributed by atoms with Gasteiger partial charge in [0.15, 0.2) is 0 Å². The van der Waals surface area contributed by atoms with Gasteiger partial charge in [0.1, 0.15) is 5.82 Å². The maximum atomic E-state index is 13.1. The molecular formula is C13H17FO2.